The lowest BCUT2D eigenvalue weighted by Crippen LogP contribution is -2.08. The van der Waals surface area contributed by atoms with E-state index in [1.165, 1.54) is 6.07 Å². The molecule has 2 rings (SSSR count). The molecule has 98 valence electrons. The molecule has 2 N–H and O–H groups in total. The van der Waals surface area contributed by atoms with Crippen molar-refractivity contribution < 1.29 is 22.4 Å². The van der Waals surface area contributed by atoms with Crippen molar-refractivity contribution in [2.75, 3.05) is 5.73 Å². The van der Waals surface area contributed by atoms with Gasteiger partial charge in [-0.3, -0.25) is 4.79 Å². The molecule has 0 aromatic heterocycles. The van der Waals surface area contributed by atoms with Crippen LogP contribution in [0.3, 0.4) is 0 Å². The average Bonchev–Trinajstić information content (AvgIpc) is 2.39. The van der Waals surface area contributed by atoms with Gasteiger partial charge in [-0.2, -0.15) is 0 Å². The molecule has 0 amide bonds. The summed E-state index contributed by atoms with van der Waals surface area (Å²) in [7, 11) is 0. The van der Waals surface area contributed by atoms with Crippen LogP contribution in [-0.2, 0) is 0 Å². The first kappa shape index (κ1) is 13.1. The van der Waals surface area contributed by atoms with E-state index in [1.807, 2.05) is 0 Å². The minimum atomic E-state index is -1.75. The Morgan fingerprint density at radius 1 is 0.895 bits per heavy atom. The Labute approximate surface area is 105 Å². The van der Waals surface area contributed by atoms with Crippen molar-refractivity contribution in [2.24, 2.45) is 0 Å². The molecule has 0 saturated carbocycles. The third kappa shape index (κ3) is 2.29. The third-order valence-electron chi connectivity index (χ3n) is 2.54. The minimum Gasteiger partial charge on any atom is -0.396 e. The molecule has 0 saturated heterocycles. The molecule has 0 bridgehead atoms. The van der Waals surface area contributed by atoms with Crippen LogP contribution in [0.15, 0.2) is 30.3 Å². The zero-order valence-corrected chi connectivity index (χ0v) is 9.38. The van der Waals surface area contributed by atoms with Crippen molar-refractivity contribution in [3.8, 4) is 0 Å². The SMILES string of the molecule is Nc1ccc(C(=O)c2ccc(F)c(F)c2F)cc1F. The second-order valence-electron chi connectivity index (χ2n) is 3.79. The molecular formula is C13H7F4NO. The molecule has 0 radical (unpaired) electrons. The molecule has 6 heteroatoms. The highest BCUT2D eigenvalue weighted by Crippen LogP contribution is 2.20. The van der Waals surface area contributed by atoms with E-state index in [4.69, 9.17) is 5.73 Å². The van der Waals surface area contributed by atoms with Crippen LogP contribution in [0, 0.1) is 23.3 Å². The number of nitrogen functional groups attached to an aromatic ring is 1. The molecule has 2 nitrogen and oxygen atoms in total. The Balaban J connectivity index is 2.50. The van der Waals surface area contributed by atoms with Crippen molar-refractivity contribution in [3.05, 3.63) is 64.7 Å². The lowest BCUT2D eigenvalue weighted by atomic mass is 10.0. The van der Waals surface area contributed by atoms with Crippen molar-refractivity contribution in [3.63, 3.8) is 0 Å². The highest BCUT2D eigenvalue weighted by Gasteiger charge is 2.20. The van der Waals surface area contributed by atoms with Crippen LogP contribution in [0.2, 0.25) is 0 Å². The summed E-state index contributed by atoms with van der Waals surface area (Å²) in [5, 5.41) is 0. The molecule has 0 aliphatic rings. The molecule has 2 aromatic carbocycles. The van der Waals surface area contributed by atoms with Crippen molar-refractivity contribution in [1.82, 2.24) is 0 Å². The normalized spacial score (nSPS) is 10.5. The molecule has 0 aliphatic heterocycles. The highest BCUT2D eigenvalue weighted by atomic mass is 19.2. The van der Waals surface area contributed by atoms with Gasteiger partial charge in [0.15, 0.2) is 23.2 Å². The molecule has 0 atom stereocenters. The largest absolute Gasteiger partial charge is 0.396 e. The lowest BCUT2D eigenvalue weighted by molar-refractivity contribution is 0.103. The van der Waals surface area contributed by atoms with Crippen LogP contribution in [0.5, 0.6) is 0 Å². The van der Waals surface area contributed by atoms with Crippen LogP contribution in [-0.4, -0.2) is 5.78 Å². The molecule has 0 fully saturated rings. The zero-order chi connectivity index (χ0) is 14.2. The zero-order valence-electron chi connectivity index (χ0n) is 9.38. The van der Waals surface area contributed by atoms with Gasteiger partial charge in [0.1, 0.15) is 5.82 Å². The number of hydrogen-bond acceptors (Lipinski definition) is 2. The topological polar surface area (TPSA) is 43.1 Å². The number of rotatable bonds is 2. The van der Waals surface area contributed by atoms with Gasteiger partial charge in [0, 0.05) is 5.56 Å². The third-order valence-corrected chi connectivity index (χ3v) is 2.54. The molecule has 19 heavy (non-hydrogen) atoms. The summed E-state index contributed by atoms with van der Waals surface area (Å²) in [6, 6.07) is 4.52. The maximum absolute atomic E-state index is 13.4. The molecule has 0 unspecified atom stereocenters. The summed E-state index contributed by atoms with van der Waals surface area (Å²) in [6.07, 6.45) is 0. The quantitative estimate of drug-likeness (QED) is 0.394. The number of carbonyl (C=O) groups is 1. The number of ketones is 1. The van der Waals surface area contributed by atoms with Crippen molar-refractivity contribution in [2.45, 2.75) is 0 Å². The van der Waals surface area contributed by atoms with E-state index < -0.39 is 34.6 Å². The monoisotopic (exact) mass is 269 g/mol. The maximum atomic E-state index is 13.4. The number of nitrogens with two attached hydrogens (primary N) is 1. The Kier molecular flexibility index (Phi) is 3.25. The fourth-order valence-corrected chi connectivity index (χ4v) is 1.53. The van der Waals surface area contributed by atoms with E-state index >= 15 is 0 Å². The smallest absolute Gasteiger partial charge is 0.196 e. The average molecular weight is 269 g/mol. The van der Waals surface area contributed by atoms with E-state index in [9.17, 15) is 22.4 Å². The number of hydrogen-bond donors (Lipinski definition) is 1. The lowest BCUT2D eigenvalue weighted by Gasteiger charge is -2.05. The van der Waals surface area contributed by atoms with Crippen molar-refractivity contribution >= 4 is 11.5 Å². The van der Waals surface area contributed by atoms with Crippen LogP contribution in [0.1, 0.15) is 15.9 Å². The van der Waals surface area contributed by atoms with Gasteiger partial charge in [-0.25, -0.2) is 17.6 Å². The Bertz CT molecular complexity index is 670. The Hall–Kier alpha value is -2.37. The van der Waals surface area contributed by atoms with E-state index in [2.05, 4.69) is 0 Å². The first-order chi connectivity index (χ1) is 8.91. The minimum absolute atomic E-state index is 0.178. The van der Waals surface area contributed by atoms with E-state index in [-0.39, 0.29) is 11.3 Å². The molecular weight excluding hydrogens is 262 g/mol. The second-order valence-corrected chi connectivity index (χ2v) is 3.79. The summed E-state index contributed by atoms with van der Waals surface area (Å²) in [5.74, 6) is -6.58. The highest BCUT2D eigenvalue weighted by molar-refractivity contribution is 6.09. The number of carbonyl (C=O) groups excluding carboxylic acids is 1. The van der Waals surface area contributed by atoms with E-state index in [0.29, 0.717) is 6.07 Å². The van der Waals surface area contributed by atoms with Gasteiger partial charge >= 0.3 is 0 Å². The number of benzene rings is 2. The predicted octanol–water partition coefficient (Wildman–Crippen LogP) is 3.06. The fraction of sp³-hybridized carbons (Fsp3) is 0. The molecule has 2 aromatic rings. The second kappa shape index (κ2) is 4.72. The summed E-state index contributed by atoms with van der Waals surface area (Å²) in [4.78, 5) is 11.9. The maximum Gasteiger partial charge on any atom is 0.196 e. The summed E-state index contributed by atoms with van der Waals surface area (Å²) in [5.41, 5.74) is 4.16. The summed E-state index contributed by atoms with van der Waals surface area (Å²) < 4.78 is 52.4. The van der Waals surface area contributed by atoms with Gasteiger partial charge in [0.25, 0.3) is 0 Å². The number of anilines is 1. The summed E-state index contributed by atoms with van der Waals surface area (Å²) in [6.45, 7) is 0. The first-order valence-corrected chi connectivity index (χ1v) is 5.15. The van der Waals surface area contributed by atoms with E-state index in [1.54, 1.807) is 0 Å². The number of halogens is 4. The van der Waals surface area contributed by atoms with Gasteiger partial charge < -0.3 is 5.73 Å². The molecule has 0 aliphatic carbocycles. The molecule has 0 spiro atoms. The van der Waals surface area contributed by atoms with Gasteiger partial charge in [-0.1, -0.05) is 0 Å². The van der Waals surface area contributed by atoms with Crippen LogP contribution >= 0.6 is 0 Å². The van der Waals surface area contributed by atoms with Gasteiger partial charge in [-0.05, 0) is 30.3 Å². The van der Waals surface area contributed by atoms with Crippen LogP contribution in [0.25, 0.3) is 0 Å². The summed E-state index contributed by atoms with van der Waals surface area (Å²) >= 11 is 0. The molecule has 0 heterocycles. The van der Waals surface area contributed by atoms with E-state index in [0.717, 1.165) is 18.2 Å². The van der Waals surface area contributed by atoms with Gasteiger partial charge in [0.2, 0.25) is 0 Å². The van der Waals surface area contributed by atoms with Gasteiger partial charge in [0.05, 0.1) is 11.3 Å². The van der Waals surface area contributed by atoms with Crippen LogP contribution in [0.4, 0.5) is 23.2 Å². The van der Waals surface area contributed by atoms with Crippen LogP contribution < -0.4 is 5.73 Å². The first-order valence-electron chi connectivity index (χ1n) is 5.15. The van der Waals surface area contributed by atoms with Gasteiger partial charge in [-0.15, -0.1) is 0 Å². The predicted molar refractivity (Wildman–Crippen MR) is 60.6 cm³/mol. The standard InChI is InChI=1S/C13H7F4NO/c14-8-3-2-7(11(16)12(8)17)13(19)6-1-4-10(18)9(15)5-6/h1-5H,18H2. The van der Waals surface area contributed by atoms with Crippen molar-refractivity contribution in [1.29, 1.82) is 0 Å². The Morgan fingerprint density at radius 3 is 2.21 bits per heavy atom. The fourth-order valence-electron chi connectivity index (χ4n) is 1.53. The Morgan fingerprint density at radius 2 is 1.58 bits per heavy atom.